The maximum atomic E-state index is 11.6. The molecule has 21 heavy (non-hydrogen) atoms. The third-order valence-electron chi connectivity index (χ3n) is 2.95. The van der Waals surface area contributed by atoms with Crippen LogP contribution in [-0.4, -0.2) is 31.9 Å². The minimum atomic E-state index is -0.460. The summed E-state index contributed by atoms with van der Waals surface area (Å²) >= 11 is 0. The Kier molecular flexibility index (Phi) is 5.02. The number of hydrogen-bond donors (Lipinski definition) is 0. The molecule has 114 valence electrons. The van der Waals surface area contributed by atoms with Crippen molar-refractivity contribution in [1.29, 1.82) is 0 Å². The number of benzene rings is 1. The van der Waals surface area contributed by atoms with Crippen LogP contribution in [0.15, 0.2) is 30.3 Å². The van der Waals surface area contributed by atoms with Crippen LogP contribution in [0.1, 0.15) is 26.3 Å². The van der Waals surface area contributed by atoms with E-state index in [2.05, 4.69) is 0 Å². The number of carbonyl (C=O) groups is 1. The molecule has 0 radical (unpaired) electrons. The molecule has 1 aliphatic heterocycles. The van der Waals surface area contributed by atoms with Gasteiger partial charge in [-0.1, -0.05) is 18.2 Å². The van der Waals surface area contributed by atoms with Gasteiger partial charge in [0.2, 0.25) is 0 Å². The average molecular weight is 290 g/mol. The molecule has 1 heterocycles. The Morgan fingerprint density at radius 2 is 2.00 bits per heavy atom. The lowest BCUT2D eigenvalue weighted by Gasteiger charge is -2.15. The van der Waals surface area contributed by atoms with Gasteiger partial charge in [0, 0.05) is 0 Å². The minimum Gasteiger partial charge on any atom is -0.491 e. The molecule has 1 atom stereocenters. The molecule has 0 saturated carbocycles. The van der Waals surface area contributed by atoms with Gasteiger partial charge in [0.05, 0.1) is 12.0 Å². The van der Waals surface area contributed by atoms with Crippen LogP contribution >= 0.6 is 0 Å². The zero-order valence-corrected chi connectivity index (χ0v) is 12.8. The van der Waals surface area contributed by atoms with Crippen molar-refractivity contribution >= 4 is 12.0 Å². The molecule has 1 saturated heterocycles. The Bertz CT molecular complexity index is 493. The van der Waals surface area contributed by atoms with E-state index in [9.17, 15) is 4.79 Å². The van der Waals surface area contributed by atoms with Crippen molar-refractivity contribution in [1.82, 2.24) is 0 Å². The van der Waals surface area contributed by atoms with Gasteiger partial charge in [-0.25, -0.2) is 0 Å². The second kappa shape index (κ2) is 6.76. The summed E-state index contributed by atoms with van der Waals surface area (Å²) < 4.78 is 15.8. The molecular weight excluding hydrogens is 268 g/mol. The maximum absolute atomic E-state index is 11.6. The zero-order chi connectivity index (χ0) is 15.3. The second-order valence-corrected chi connectivity index (χ2v) is 6.09. The van der Waals surface area contributed by atoms with Gasteiger partial charge in [0.1, 0.15) is 25.1 Å². The van der Waals surface area contributed by atoms with Gasteiger partial charge in [0.25, 0.3) is 0 Å². The molecule has 0 N–H and O–H groups in total. The standard InChI is InChI=1S/C17H22O4/c1-17(2,3)16(18)19-10-4-5-13-6-8-14(9-7-13)20-11-15-12-21-15/h4-9,15H,10-12H2,1-3H3/b5-4+. The Labute approximate surface area is 125 Å². The van der Waals surface area contributed by atoms with Crippen LogP contribution < -0.4 is 4.74 Å². The molecule has 1 aromatic carbocycles. The quantitative estimate of drug-likeness (QED) is 0.597. The first-order valence-corrected chi connectivity index (χ1v) is 7.13. The molecule has 4 nitrogen and oxygen atoms in total. The normalized spacial score (nSPS) is 17.8. The molecule has 1 aliphatic rings. The summed E-state index contributed by atoms with van der Waals surface area (Å²) in [5.74, 6) is 0.639. The van der Waals surface area contributed by atoms with E-state index in [1.54, 1.807) is 0 Å². The molecular formula is C17H22O4. The first-order chi connectivity index (χ1) is 9.95. The fraction of sp³-hybridized carbons (Fsp3) is 0.471. The van der Waals surface area contributed by atoms with Crippen LogP contribution in [0, 0.1) is 5.41 Å². The van der Waals surface area contributed by atoms with Crippen molar-refractivity contribution in [3.8, 4) is 5.75 Å². The van der Waals surface area contributed by atoms with E-state index in [0.29, 0.717) is 6.61 Å². The average Bonchev–Trinajstić information content (AvgIpc) is 3.25. The molecule has 2 rings (SSSR count). The van der Waals surface area contributed by atoms with Crippen LogP contribution in [0.2, 0.25) is 0 Å². The molecule has 1 unspecified atom stereocenters. The van der Waals surface area contributed by atoms with Gasteiger partial charge in [-0.3, -0.25) is 4.79 Å². The summed E-state index contributed by atoms with van der Waals surface area (Å²) in [6.45, 7) is 7.21. The monoisotopic (exact) mass is 290 g/mol. The van der Waals surface area contributed by atoms with Crippen LogP contribution in [0.5, 0.6) is 5.75 Å². The predicted octanol–water partition coefficient (Wildman–Crippen LogP) is 3.07. The van der Waals surface area contributed by atoms with Crippen LogP contribution in [0.4, 0.5) is 0 Å². The number of ether oxygens (including phenoxy) is 3. The Hall–Kier alpha value is -1.81. The number of hydrogen-bond acceptors (Lipinski definition) is 4. The van der Waals surface area contributed by atoms with Crippen molar-refractivity contribution in [3.05, 3.63) is 35.9 Å². The van der Waals surface area contributed by atoms with Crippen molar-refractivity contribution in [2.75, 3.05) is 19.8 Å². The smallest absolute Gasteiger partial charge is 0.311 e. The van der Waals surface area contributed by atoms with E-state index in [1.165, 1.54) is 0 Å². The fourth-order valence-corrected chi connectivity index (χ4v) is 1.55. The topological polar surface area (TPSA) is 48.1 Å². The van der Waals surface area contributed by atoms with Crippen molar-refractivity contribution in [2.24, 2.45) is 5.41 Å². The van der Waals surface area contributed by atoms with Gasteiger partial charge >= 0.3 is 5.97 Å². The highest BCUT2D eigenvalue weighted by atomic mass is 16.6. The minimum absolute atomic E-state index is 0.196. The molecule has 0 spiro atoms. The first-order valence-electron chi connectivity index (χ1n) is 7.13. The number of carbonyl (C=O) groups excluding carboxylic acids is 1. The van der Waals surface area contributed by atoms with E-state index in [1.807, 2.05) is 57.2 Å². The maximum Gasteiger partial charge on any atom is 0.311 e. The van der Waals surface area contributed by atoms with Gasteiger partial charge in [-0.05, 0) is 44.5 Å². The van der Waals surface area contributed by atoms with Crippen molar-refractivity contribution in [2.45, 2.75) is 26.9 Å². The molecule has 0 aromatic heterocycles. The fourth-order valence-electron chi connectivity index (χ4n) is 1.55. The summed E-state index contributed by atoms with van der Waals surface area (Å²) in [4.78, 5) is 11.6. The molecule has 0 bridgehead atoms. The van der Waals surface area contributed by atoms with Gasteiger partial charge in [-0.2, -0.15) is 0 Å². The summed E-state index contributed by atoms with van der Waals surface area (Å²) in [5, 5.41) is 0. The van der Waals surface area contributed by atoms with E-state index < -0.39 is 5.41 Å². The second-order valence-electron chi connectivity index (χ2n) is 6.09. The van der Waals surface area contributed by atoms with Crippen molar-refractivity contribution < 1.29 is 19.0 Å². The third-order valence-corrected chi connectivity index (χ3v) is 2.95. The zero-order valence-electron chi connectivity index (χ0n) is 12.8. The lowest BCUT2D eigenvalue weighted by atomic mass is 9.97. The lowest BCUT2D eigenvalue weighted by molar-refractivity contribution is -0.151. The van der Waals surface area contributed by atoms with Gasteiger partial charge < -0.3 is 14.2 Å². The Balaban J connectivity index is 1.74. The van der Waals surface area contributed by atoms with Gasteiger partial charge in [-0.15, -0.1) is 0 Å². The van der Waals surface area contributed by atoms with Crippen LogP contribution in [0.3, 0.4) is 0 Å². The molecule has 1 fully saturated rings. The number of esters is 1. The highest BCUT2D eigenvalue weighted by Crippen LogP contribution is 2.17. The highest BCUT2D eigenvalue weighted by molar-refractivity contribution is 5.75. The SMILES string of the molecule is CC(C)(C)C(=O)OC/C=C/c1ccc(OCC2CO2)cc1. The van der Waals surface area contributed by atoms with Crippen LogP contribution in [0.25, 0.3) is 6.08 Å². The van der Waals surface area contributed by atoms with Crippen LogP contribution in [-0.2, 0) is 14.3 Å². The van der Waals surface area contributed by atoms with E-state index in [4.69, 9.17) is 14.2 Å². The summed E-state index contributed by atoms with van der Waals surface area (Å²) in [6.07, 6.45) is 4.02. The summed E-state index contributed by atoms with van der Waals surface area (Å²) in [5.41, 5.74) is 0.579. The largest absolute Gasteiger partial charge is 0.491 e. The molecule has 0 aliphatic carbocycles. The lowest BCUT2D eigenvalue weighted by Crippen LogP contribution is -2.22. The Morgan fingerprint density at radius 1 is 1.33 bits per heavy atom. The molecule has 4 heteroatoms. The summed E-state index contributed by atoms with van der Waals surface area (Å²) in [6, 6.07) is 7.77. The summed E-state index contributed by atoms with van der Waals surface area (Å²) in [7, 11) is 0. The van der Waals surface area contributed by atoms with Crippen molar-refractivity contribution in [3.63, 3.8) is 0 Å². The molecule has 0 amide bonds. The molecule has 1 aromatic rings. The first kappa shape index (κ1) is 15.6. The Morgan fingerprint density at radius 3 is 2.57 bits per heavy atom. The van der Waals surface area contributed by atoms with E-state index in [0.717, 1.165) is 17.9 Å². The van der Waals surface area contributed by atoms with Gasteiger partial charge in [0.15, 0.2) is 0 Å². The van der Waals surface area contributed by atoms with E-state index in [-0.39, 0.29) is 18.7 Å². The predicted molar refractivity (Wildman–Crippen MR) is 81.1 cm³/mol. The third kappa shape index (κ3) is 5.60. The van der Waals surface area contributed by atoms with E-state index >= 15 is 0 Å². The highest BCUT2D eigenvalue weighted by Gasteiger charge is 2.23. The number of epoxide rings is 1. The number of rotatable bonds is 6.